The molecule has 4 heteroatoms. The highest BCUT2D eigenvalue weighted by molar-refractivity contribution is 5.88. The summed E-state index contributed by atoms with van der Waals surface area (Å²) in [4.78, 5) is 21.1. The van der Waals surface area contributed by atoms with Crippen molar-refractivity contribution < 1.29 is 19.1 Å². The van der Waals surface area contributed by atoms with Crippen LogP contribution in [0.15, 0.2) is 0 Å². The molecule has 0 aliphatic rings. The number of hydrogen-bond donors (Lipinski definition) is 0. The first-order valence-corrected chi connectivity index (χ1v) is 3.84. The first kappa shape index (κ1) is 11.5. The second-order valence-electron chi connectivity index (χ2n) is 2.22. The number of ether oxygens (including phenoxy) is 2. The third-order valence-electron chi connectivity index (χ3n) is 1.29. The smallest absolute Gasteiger partial charge is 0.384 e. The van der Waals surface area contributed by atoms with E-state index in [1.54, 1.807) is 0 Å². The number of esters is 2. The minimum atomic E-state index is -0.557. The quantitative estimate of drug-likeness (QED) is 0.277. The molecule has 0 aliphatic heterocycles. The number of unbranched alkanes of at least 4 members (excludes halogenated alkanes) is 1. The maximum absolute atomic E-state index is 10.6. The number of methoxy groups -OCH3 is 2. The van der Waals surface area contributed by atoms with Crippen LogP contribution in [0.3, 0.4) is 0 Å². The van der Waals surface area contributed by atoms with Gasteiger partial charge in [0, 0.05) is 18.8 Å². The highest BCUT2D eigenvalue weighted by atomic mass is 16.5. The predicted octanol–water partition coefficient (Wildman–Crippen LogP) is 0.506. The molecule has 0 radical (unpaired) electrons. The number of hydrogen-bond acceptors (Lipinski definition) is 4. The van der Waals surface area contributed by atoms with Crippen molar-refractivity contribution in [2.75, 3.05) is 14.2 Å². The monoisotopic (exact) mass is 184 g/mol. The molecule has 0 aromatic carbocycles. The Kier molecular flexibility index (Phi) is 6.34. The minimum absolute atomic E-state index is 0.264. The summed E-state index contributed by atoms with van der Waals surface area (Å²) >= 11 is 0. The highest BCUT2D eigenvalue weighted by Gasteiger charge is 1.97. The summed E-state index contributed by atoms with van der Waals surface area (Å²) in [6, 6.07) is 0. The molecule has 0 atom stereocenters. The molecular weight excluding hydrogens is 172 g/mol. The van der Waals surface area contributed by atoms with Gasteiger partial charge < -0.3 is 9.47 Å². The molecular formula is C9H12O4. The van der Waals surface area contributed by atoms with Crippen LogP contribution in [-0.2, 0) is 19.1 Å². The third kappa shape index (κ3) is 6.88. The molecule has 0 bridgehead atoms. The molecule has 13 heavy (non-hydrogen) atoms. The molecule has 0 unspecified atom stereocenters. The van der Waals surface area contributed by atoms with Crippen molar-refractivity contribution in [1.29, 1.82) is 0 Å². The zero-order chi connectivity index (χ0) is 10.1. The van der Waals surface area contributed by atoms with E-state index in [2.05, 4.69) is 21.3 Å². The summed E-state index contributed by atoms with van der Waals surface area (Å²) in [5, 5.41) is 0. The van der Waals surface area contributed by atoms with Crippen molar-refractivity contribution >= 4 is 11.9 Å². The fourth-order valence-corrected chi connectivity index (χ4v) is 0.609. The summed E-state index contributed by atoms with van der Waals surface area (Å²) in [6.45, 7) is 0. The zero-order valence-corrected chi connectivity index (χ0v) is 7.75. The maximum Gasteiger partial charge on any atom is 0.384 e. The molecule has 0 spiro atoms. The molecule has 0 rings (SSSR count). The van der Waals surface area contributed by atoms with Crippen LogP contribution < -0.4 is 0 Å². The molecule has 0 aromatic heterocycles. The molecule has 0 aliphatic carbocycles. The average Bonchev–Trinajstić information content (AvgIpc) is 2.16. The Hall–Kier alpha value is -1.50. The van der Waals surface area contributed by atoms with E-state index in [0.717, 1.165) is 0 Å². The molecule has 0 fully saturated rings. The van der Waals surface area contributed by atoms with Crippen LogP contribution in [0, 0.1) is 11.8 Å². The van der Waals surface area contributed by atoms with Crippen LogP contribution in [0.1, 0.15) is 19.3 Å². The molecule has 72 valence electrons. The van der Waals surface area contributed by atoms with E-state index in [0.29, 0.717) is 19.3 Å². The van der Waals surface area contributed by atoms with Crippen LogP contribution in [0.5, 0.6) is 0 Å². The zero-order valence-electron chi connectivity index (χ0n) is 7.75. The van der Waals surface area contributed by atoms with Crippen molar-refractivity contribution in [2.24, 2.45) is 0 Å². The van der Waals surface area contributed by atoms with Gasteiger partial charge in [-0.15, -0.1) is 0 Å². The van der Waals surface area contributed by atoms with Gasteiger partial charge in [-0.25, -0.2) is 4.79 Å². The first-order valence-electron chi connectivity index (χ1n) is 3.84. The molecule has 0 N–H and O–H groups in total. The van der Waals surface area contributed by atoms with E-state index in [1.807, 2.05) is 0 Å². The van der Waals surface area contributed by atoms with Gasteiger partial charge in [-0.1, -0.05) is 5.92 Å². The van der Waals surface area contributed by atoms with Crippen LogP contribution in [-0.4, -0.2) is 26.2 Å². The maximum atomic E-state index is 10.6. The van der Waals surface area contributed by atoms with Gasteiger partial charge in [-0.3, -0.25) is 4.79 Å². The standard InChI is InChI=1S/C9H12O4/c1-12-8(10)6-4-3-5-7-9(11)13-2/h3-4,6H2,1-2H3. The second-order valence-corrected chi connectivity index (χ2v) is 2.22. The Bertz CT molecular complexity index is 234. The summed E-state index contributed by atoms with van der Waals surface area (Å²) in [7, 11) is 2.61. The Labute approximate surface area is 77.2 Å². The van der Waals surface area contributed by atoms with Crippen molar-refractivity contribution in [3.05, 3.63) is 0 Å². The molecule has 4 nitrogen and oxygen atoms in total. The predicted molar refractivity (Wildman–Crippen MR) is 45.7 cm³/mol. The van der Waals surface area contributed by atoms with Gasteiger partial charge in [-0.2, -0.15) is 0 Å². The van der Waals surface area contributed by atoms with Crippen LogP contribution in [0.2, 0.25) is 0 Å². The normalized spacial score (nSPS) is 8.15. The Balaban J connectivity index is 3.48. The van der Waals surface area contributed by atoms with Crippen LogP contribution in [0.25, 0.3) is 0 Å². The highest BCUT2D eigenvalue weighted by Crippen LogP contribution is 1.95. The molecule has 0 saturated heterocycles. The van der Waals surface area contributed by atoms with Crippen molar-refractivity contribution in [2.45, 2.75) is 19.3 Å². The molecule has 0 heterocycles. The van der Waals surface area contributed by atoms with E-state index in [9.17, 15) is 9.59 Å². The third-order valence-corrected chi connectivity index (χ3v) is 1.29. The van der Waals surface area contributed by atoms with Gasteiger partial charge in [0.25, 0.3) is 0 Å². The van der Waals surface area contributed by atoms with Gasteiger partial charge in [0.15, 0.2) is 0 Å². The summed E-state index contributed by atoms with van der Waals surface area (Å²) in [5.41, 5.74) is 0. The van der Waals surface area contributed by atoms with E-state index >= 15 is 0 Å². The summed E-state index contributed by atoms with van der Waals surface area (Å²) < 4.78 is 8.72. The van der Waals surface area contributed by atoms with E-state index < -0.39 is 5.97 Å². The van der Waals surface area contributed by atoms with Gasteiger partial charge >= 0.3 is 11.9 Å². The Morgan fingerprint density at radius 3 is 2.46 bits per heavy atom. The lowest BCUT2D eigenvalue weighted by molar-refractivity contribution is -0.140. The lowest BCUT2D eigenvalue weighted by Gasteiger charge is -1.94. The molecule has 0 amide bonds. The van der Waals surface area contributed by atoms with Gasteiger partial charge in [0.2, 0.25) is 0 Å². The van der Waals surface area contributed by atoms with E-state index in [-0.39, 0.29) is 5.97 Å². The van der Waals surface area contributed by atoms with Crippen molar-refractivity contribution in [3.63, 3.8) is 0 Å². The number of carbonyl (C=O) groups excluding carboxylic acids is 2. The lowest BCUT2D eigenvalue weighted by atomic mass is 10.2. The fraction of sp³-hybridized carbons (Fsp3) is 0.556. The lowest BCUT2D eigenvalue weighted by Crippen LogP contribution is -1.99. The van der Waals surface area contributed by atoms with Crippen LogP contribution >= 0.6 is 0 Å². The van der Waals surface area contributed by atoms with Crippen LogP contribution in [0.4, 0.5) is 0 Å². The van der Waals surface area contributed by atoms with E-state index in [1.165, 1.54) is 14.2 Å². The SMILES string of the molecule is COC(=O)C#CCCCC(=O)OC. The van der Waals surface area contributed by atoms with Gasteiger partial charge in [0.05, 0.1) is 14.2 Å². The summed E-state index contributed by atoms with van der Waals surface area (Å²) in [6.07, 6.45) is 1.41. The largest absolute Gasteiger partial charge is 0.469 e. The summed E-state index contributed by atoms with van der Waals surface area (Å²) in [5.74, 6) is 4.02. The average molecular weight is 184 g/mol. The topological polar surface area (TPSA) is 52.6 Å². The van der Waals surface area contributed by atoms with Gasteiger partial charge in [0.1, 0.15) is 0 Å². The second kappa shape index (κ2) is 7.17. The van der Waals surface area contributed by atoms with Gasteiger partial charge in [-0.05, 0) is 6.42 Å². The Morgan fingerprint density at radius 2 is 1.92 bits per heavy atom. The fourth-order valence-electron chi connectivity index (χ4n) is 0.609. The number of carbonyl (C=O) groups is 2. The molecule has 0 aromatic rings. The van der Waals surface area contributed by atoms with E-state index in [4.69, 9.17) is 0 Å². The number of rotatable bonds is 3. The minimum Gasteiger partial charge on any atom is -0.469 e. The van der Waals surface area contributed by atoms with Crippen molar-refractivity contribution in [1.82, 2.24) is 0 Å². The Morgan fingerprint density at radius 1 is 1.23 bits per heavy atom. The first-order chi connectivity index (χ1) is 6.20. The molecule has 0 saturated carbocycles. The van der Waals surface area contributed by atoms with Crippen molar-refractivity contribution in [3.8, 4) is 11.8 Å².